The topological polar surface area (TPSA) is 88.7 Å². The number of rotatable bonds is 6. The van der Waals surface area contributed by atoms with E-state index in [4.69, 9.17) is 10.5 Å². The average Bonchev–Trinajstić information content (AvgIpc) is 3.22. The highest BCUT2D eigenvalue weighted by Crippen LogP contribution is 2.26. The first-order valence-corrected chi connectivity index (χ1v) is 9.87. The zero-order valence-electron chi connectivity index (χ0n) is 15.5. The second-order valence-electron chi connectivity index (χ2n) is 6.54. The molecule has 0 saturated heterocycles. The van der Waals surface area contributed by atoms with E-state index in [1.807, 2.05) is 72.1 Å². The predicted octanol–water partition coefficient (Wildman–Crippen LogP) is 4.81. The van der Waals surface area contributed by atoms with E-state index in [1.54, 1.807) is 11.3 Å². The fourth-order valence-electron chi connectivity index (χ4n) is 2.96. The van der Waals surface area contributed by atoms with Crippen molar-refractivity contribution in [2.24, 2.45) is 5.73 Å². The monoisotopic (exact) mass is 405 g/mol. The van der Waals surface area contributed by atoms with E-state index >= 15 is 0 Å². The second kappa shape index (κ2) is 8.30. The zero-order chi connectivity index (χ0) is 20.2. The van der Waals surface area contributed by atoms with Gasteiger partial charge in [0.05, 0.1) is 12.2 Å². The molecule has 0 radical (unpaired) electrons. The molecule has 0 aliphatic heterocycles. The van der Waals surface area contributed by atoms with Gasteiger partial charge in [0.2, 0.25) is 0 Å². The summed E-state index contributed by atoms with van der Waals surface area (Å²) in [6.45, 7) is 0.433. The van der Waals surface area contributed by atoms with Crippen LogP contribution >= 0.6 is 11.3 Å². The van der Waals surface area contributed by atoms with E-state index in [2.05, 4.69) is 4.98 Å². The molecule has 7 heteroatoms. The molecule has 0 atom stereocenters. The number of carbonyl (C=O) groups excluding carboxylic acids is 1. The Bertz CT molecular complexity index is 1140. The number of thiazole rings is 1. The highest BCUT2D eigenvalue weighted by molar-refractivity contribution is 7.13. The van der Waals surface area contributed by atoms with Crippen LogP contribution in [0.15, 0.2) is 72.1 Å². The van der Waals surface area contributed by atoms with Gasteiger partial charge in [0.25, 0.3) is 0 Å². The van der Waals surface area contributed by atoms with Crippen molar-refractivity contribution in [2.75, 3.05) is 0 Å². The van der Waals surface area contributed by atoms with Gasteiger partial charge in [-0.15, -0.1) is 11.3 Å². The van der Waals surface area contributed by atoms with Gasteiger partial charge in [-0.2, -0.15) is 0 Å². The zero-order valence-corrected chi connectivity index (χ0v) is 16.3. The molecule has 1 heterocycles. The first-order valence-electron chi connectivity index (χ1n) is 9.00. The molecule has 0 aliphatic rings. The van der Waals surface area contributed by atoms with Gasteiger partial charge in [-0.25, -0.2) is 14.8 Å². The lowest BCUT2D eigenvalue weighted by Crippen LogP contribution is -2.31. The first kappa shape index (κ1) is 18.9. The van der Waals surface area contributed by atoms with Crippen molar-refractivity contribution in [1.82, 2.24) is 10.0 Å². The van der Waals surface area contributed by atoms with Crippen LogP contribution in [0, 0.1) is 0 Å². The predicted molar refractivity (Wildman–Crippen MR) is 113 cm³/mol. The summed E-state index contributed by atoms with van der Waals surface area (Å²) in [7, 11) is 0. The number of carbonyl (C=O) groups is 1. The summed E-state index contributed by atoms with van der Waals surface area (Å²) in [4.78, 5) is 15.6. The number of hydrogen-bond donors (Lipinski definition) is 2. The number of hydrogen-bond acceptors (Lipinski definition) is 5. The van der Waals surface area contributed by atoms with Gasteiger partial charge in [-0.3, -0.25) is 5.21 Å². The summed E-state index contributed by atoms with van der Waals surface area (Å²) in [5, 5.41) is 14.9. The fraction of sp³-hybridized carbons (Fsp3) is 0.0909. The van der Waals surface area contributed by atoms with Crippen molar-refractivity contribution in [2.45, 2.75) is 13.2 Å². The van der Waals surface area contributed by atoms with E-state index in [0.29, 0.717) is 11.7 Å². The summed E-state index contributed by atoms with van der Waals surface area (Å²) in [5.74, 6) is 0.750. The first-order chi connectivity index (χ1) is 14.1. The van der Waals surface area contributed by atoms with Crippen molar-refractivity contribution in [3.05, 3.63) is 83.4 Å². The number of urea groups is 1. The quantitative estimate of drug-likeness (QED) is 0.356. The molecule has 2 amide bonds. The maximum absolute atomic E-state index is 11.0. The van der Waals surface area contributed by atoms with Crippen LogP contribution in [0.1, 0.15) is 11.3 Å². The number of nitrogens with two attached hydrogens (primary N) is 1. The number of ether oxygens (including phenoxy) is 1. The van der Waals surface area contributed by atoms with Gasteiger partial charge in [0.1, 0.15) is 17.4 Å². The van der Waals surface area contributed by atoms with Gasteiger partial charge in [0, 0.05) is 10.9 Å². The molecule has 4 rings (SSSR count). The lowest BCUT2D eigenvalue weighted by molar-refractivity contribution is -0.0470. The third kappa shape index (κ3) is 4.53. The van der Waals surface area contributed by atoms with Crippen molar-refractivity contribution < 1.29 is 14.7 Å². The number of amides is 2. The van der Waals surface area contributed by atoms with Crippen LogP contribution < -0.4 is 10.5 Å². The lowest BCUT2D eigenvalue weighted by atomic mass is 10.1. The minimum atomic E-state index is -0.883. The van der Waals surface area contributed by atoms with Gasteiger partial charge in [-0.1, -0.05) is 48.5 Å². The van der Waals surface area contributed by atoms with Crippen molar-refractivity contribution >= 4 is 28.1 Å². The standard InChI is InChI=1S/C22H19N3O3S/c23-22(26)25(27)12-15-6-7-18-11-20(9-8-17(18)10-15)28-13-19-14-29-21(24-19)16-4-2-1-3-5-16/h1-11,14,27H,12-13H2,(H2,23,26). The van der Waals surface area contributed by atoms with Crippen LogP contribution in [0.4, 0.5) is 4.79 Å². The maximum atomic E-state index is 11.0. The minimum absolute atomic E-state index is 0.0388. The van der Waals surface area contributed by atoms with Crippen LogP contribution in [-0.2, 0) is 13.2 Å². The Hall–Kier alpha value is -3.42. The number of benzene rings is 3. The maximum Gasteiger partial charge on any atom is 0.338 e. The van der Waals surface area contributed by atoms with Crippen molar-refractivity contribution in [3.63, 3.8) is 0 Å². The van der Waals surface area contributed by atoms with Crippen LogP contribution in [0.2, 0.25) is 0 Å². The number of nitrogens with zero attached hydrogens (tertiary/aromatic N) is 2. The largest absolute Gasteiger partial charge is 0.487 e. The normalized spacial score (nSPS) is 10.8. The van der Waals surface area contributed by atoms with Crippen LogP contribution in [0.25, 0.3) is 21.3 Å². The molecular weight excluding hydrogens is 386 g/mol. The number of primary amides is 1. The highest BCUT2D eigenvalue weighted by Gasteiger charge is 2.08. The number of fused-ring (bicyclic) bond motifs is 1. The molecule has 146 valence electrons. The van der Waals surface area contributed by atoms with Crippen molar-refractivity contribution in [1.29, 1.82) is 0 Å². The summed E-state index contributed by atoms with van der Waals surface area (Å²) >= 11 is 1.60. The van der Waals surface area contributed by atoms with E-state index in [1.165, 1.54) is 0 Å². The van der Waals surface area contributed by atoms with Crippen LogP contribution in [0.3, 0.4) is 0 Å². The van der Waals surface area contributed by atoms with E-state index < -0.39 is 6.03 Å². The molecule has 29 heavy (non-hydrogen) atoms. The number of hydroxylamine groups is 2. The minimum Gasteiger partial charge on any atom is -0.487 e. The summed E-state index contributed by atoms with van der Waals surface area (Å²) in [5.41, 5.74) is 7.82. The van der Waals surface area contributed by atoms with Crippen molar-refractivity contribution in [3.8, 4) is 16.3 Å². The molecule has 3 N–H and O–H groups in total. The number of aromatic nitrogens is 1. The van der Waals surface area contributed by atoms with E-state index in [9.17, 15) is 10.0 Å². The Kier molecular flexibility index (Phi) is 5.41. The average molecular weight is 405 g/mol. The second-order valence-corrected chi connectivity index (χ2v) is 7.40. The molecule has 1 aromatic heterocycles. The molecule has 0 fully saturated rings. The molecule has 3 aromatic carbocycles. The SMILES string of the molecule is NC(=O)N(O)Cc1ccc2cc(OCc3csc(-c4ccccc4)n3)ccc2c1. The van der Waals surface area contributed by atoms with Crippen LogP contribution in [-0.4, -0.2) is 21.3 Å². The molecule has 4 aromatic rings. The molecule has 0 bridgehead atoms. The summed E-state index contributed by atoms with van der Waals surface area (Å²) < 4.78 is 5.91. The molecule has 0 unspecified atom stereocenters. The molecule has 0 spiro atoms. The third-order valence-corrected chi connectivity index (χ3v) is 5.36. The fourth-order valence-corrected chi connectivity index (χ4v) is 3.77. The third-order valence-electron chi connectivity index (χ3n) is 4.42. The Morgan fingerprint density at radius 1 is 1.07 bits per heavy atom. The lowest BCUT2D eigenvalue weighted by Gasteiger charge is -2.12. The van der Waals surface area contributed by atoms with E-state index in [-0.39, 0.29) is 6.54 Å². The molecule has 0 aliphatic carbocycles. The Labute approximate surface area is 171 Å². The Morgan fingerprint density at radius 3 is 2.62 bits per heavy atom. The summed E-state index contributed by atoms with van der Waals surface area (Å²) in [6, 6.07) is 20.6. The summed E-state index contributed by atoms with van der Waals surface area (Å²) in [6.07, 6.45) is 0. The molecule has 6 nitrogen and oxygen atoms in total. The Morgan fingerprint density at radius 2 is 1.83 bits per heavy atom. The Balaban J connectivity index is 1.43. The van der Waals surface area contributed by atoms with Gasteiger partial charge < -0.3 is 10.5 Å². The van der Waals surface area contributed by atoms with Gasteiger partial charge in [0.15, 0.2) is 0 Å². The smallest absolute Gasteiger partial charge is 0.338 e. The van der Waals surface area contributed by atoms with Crippen LogP contribution in [0.5, 0.6) is 5.75 Å². The van der Waals surface area contributed by atoms with Gasteiger partial charge >= 0.3 is 6.03 Å². The van der Waals surface area contributed by atoms with E-state index in [0.717, 1.165) is 38.4 Å². The van der Waals surface area contributed by atoms with Gasteiger partial charge in [-0.05, 0) is 34.5 Å². The molecular formula is C22H19N3O3S. The molecule has 0 saturated carbocycles. The highest BCUT2D eigenvalue weighted by atomic mass is 32.1.